The van der Waals surface area contributed by atoms with Crippen LogP contribution in [0.2, 0.25) is 0 Å². The van der Waals surface area contributed by atoms with Crippen molar-refractivity contribution in [3.8, 4) is 0 Å². The zero-order chi connectivity index (χ0) is 4.99. The van der Waals surface area contributed by atoms with Crippen molar-refractivity contribution in [3.05, 3.63) is 0 Å². The molecule has 0 rings (SSSR count). The van der Waals surface area contributed by atoms with Gasteiger partial charge in [0, 0.05) is 0 Å². The van der Waals surface area contributed by atoms with Gasteiger partial charge in [0.2, 0.25) is 0 Å². The lowest BCUT2D eigenvalue weighted by molar-refractivity contribution is 0.408. The molecule has 0 spiro atoms. The lowest BCUT2D eigenvalue weighted by atomic mass is 10.5. The van der Waals surface area contributed by atoms with E-state index in [0.717, 1.165) is 0 Å². The van der Waals surface area contributed by atoms with E-state index in [2.05, 4.69) is 25.9 Å². The van der Waals surface area contributed by atoms with E-state index < -0.39 is 0 Å². The third-order valence-corrected chi connectivity index (χ3v) is 0.671. The first-order chi connectivity index (χ1) is 2.77. The van der Waals surface area contributed by atoms with Gasteiger partial charge < -0.3 is 4.90 Å². The lowest BCUT2D eigenvalue weighted by Crippen LogP contribution is -2.11. The highest BCUT2D eigenvalue weighted by Gasteiger charge is 1.79. The number of nitrogens with zero attached hydrogens (tertiary/aromatic N) is 1. The molecule has 1 nitrogen and oxygen atoms in total. The first-order valence-electron chi connectivity index (χ1n) is 2.42. The van der Waals surface area contributed by atoms with Crippen LogP contribution in [0.15, 0.2) is 0 Å². The average molecular weight is 135 g/mol. The van der Waals surface area contributed by atoms with Crippen molar-refractivity contribution in [2.75, 3.05) is 20.6 Å². The van der Waals surface area contributed by atoms with Crippen LogP contribution in [0.5, 0.6) is 0 Å². The second kappa shape index (κ2) is 15.7. The van der Waals surface area contributed by atoms with Crippen molar-refractivity contribution in [2.45, 2.75) is 35.6 Å². The molecule has 0 aliphatic carbocycles. The van der Waals surface area contributed by atoms with Gasteiger partial charge in [0.05, 0.1) is 0 Å². The molecule has 0 saturated carbocycles. The third-order valence-electron chi connectivity index (χ3n) is 0.671. The molecule has 0 bridgehead atoms. The largest absolute Gasteiger partial charge is 0.309 e. The summed E-state index contributed by atoms with van der Waals surface area (Å²) in [7, 11) is 4.17. The van der Waals surface area contributed by atoms with E-state index >= 15 is 0 Å². The third kappa shape index (κ3) is 32.3. The van der Waals surface area contributed by atoms with Gasteiger partial charge in [-0.05, 0) is 27.1 Å². The summed E-state index contributed by atoms with van der Waals surface area (Å²) in [6.07, 6.45) is 1.26. The summed E-state index contributed by atoms with van der Waals surface area (Å²) in [4.78, 5) is 2.18. The van der Waals surface area contributed by atoms with E-state index in [4.69, 9.17) is 0 Å². The van der Waals surface area contributed by atoms with E-state index in [1.54, 1.807) is 0 Å². The van der Waals surface area contributed by atoms with Crippen LogP contribution in [0.1, 0.15) is 35.6 Å². The average Bonchev–Trinajstić information content (AvgIpc) is 1.35. The van der Waals surface area contributed by atoms with E-state index in [0.29, 0.717) is 0 Å². The predicted octanol–water partition coefficient (Wildman–Crippen LogP) is 2.87. The zero-order valence-corrected chi connectivity index (χ0v) is 4.86. The van der Waals surface area contributed by atoms with E-state index in [1.165, 1.54) is 13.0 Å². The van der Waals surface area contributed by atoms with Crippen LogP contribution < -0.4 is 0 Å². The summed E-state index contributed by atoms with van der Waals surface area (Å²) in [6.45, 7) is 3.39. The molecule has 0 aromatic heterocycles. The molecular formula is C8H25N. The Balaban J connectivity index is -0.0000000417. The van der Waals surface area contributed by atoms with Crippen LogP contribution in [0.4, 0.5) is 0 Å². The zero-order valence-electron chi connectivity index (χ0n) is 4.86. The van der Waals surface area contributed by atoms with Crippen LogP contribution in [0.25, 0.3) is 0 Å². The maximum Gasteiger partial charge on any atom is -0.00275 e. The summed E-state index contributed by atoms with van der Waals surface area (Å²) >= 11 is 0. The molecule has 0 N–H and O–H groups in total. The standard InChI is InChI=1S/C5H13N.3CH4/c1-4-5-6(2)3;;;/h4-5H2,1-3H3;3*1H4. The molecule has 0 aromatic carbocycles. The molecule has 0 aliphatic heterocycles. The van der Waals surface area contributed by atoms with Crippen LogP contribution in [-0.2, 0) is 0 Å². The Bertz CT molecular complexity index is 25.7. The van der Waals surface area contributed by atoms with Gasteiger partial charge >= 0.3 is 0 Å². The second-order valence-corrected chi connectivity index (χ2v) is 1.80. The maximum absolute atomic E-state index is 2.18. The maximum atomic E-state index is 2.18. The molecular weight excluding hydrogens is 110 g/mol. The molecule has 62 valence electrons. The quantitative estimate of drug-likeness (QED) is 0.563. The SMILES string of the molecule is C.C.C.CCCN(C)C. The molecule has 0 saturated heterocycles. The molecule has 0 fully saturated rings. The van der Waals surface area contributed by atoms with Crippen LogP contribution in [-0.4, -0.2) is 25.5 Å². The summed E-state index contributed by atoms with van der Waals surface area (Å²) in [5.74, 6) is 0. The normalized spacial score (nSPS) is 6.67. The monoisotopic (exact) mass is 135 g/mol. The Morgan fingerprint density at radius 2 is 1.33 bits per heavy atom. The van der Waals surface area contributed by atoms with Crippen molar-refractivity contribution in [1.29, 1.82) is 0 Å². The van der Waals surface area contributed by atoms with Crippen LogP contribution in [0.3, 0.4) is 0 Å². The smallest absolute Gasteiger partial charge is 0.00275 e. The van der Waals surface area contributed by atoms with Gasteiger partial charge in [-0.1, -0.05) is 29.2 Å². The Morgan fingerprint density at radius 3 is 1.33 bits per heavy atom. The molecule has 0 aliphatic rings. The van der Waals surface area contributed by atoms with Crippen molar-refractivity contribution >= 4 is 0 Å². The van der Waals surface area contributed by atoms with Gasteiger partial charge in [0.15, 0.2) is 0 Å². The van der Waals surface area contributed by atoms with E-state index in [-0.39, 0.29) is 22.3 Å². The molecule has 0 amide bonds. The summed E-state index contributed by atoms with van der Waals surface area (Å²) in [5, 5.41) is 0. The van der Waals surface area contributed by atoms with Gasteiger partial charge in [-0.2, -0.15) is 0 Å². The summed E-state index contributed by atoms with van der Waals surface area (Å²) < 4.78 is 0. The Labute approximate surface area is 62.1 Å². The molecule has 0 unspecified atom stereocenters. The second-order valence-electron chi connectivity index (χ2n) is 1.80. The van der Waals surface area contributed by atoms with Crippen molar-refractivity contribution in [1.82, 2.24) is 4.90 Å². The van der Waals surface area contributed by atoms with Gasteiger partial charge in [0.25, 0.3) is 0 Å². The highest BCUT2D eigenvalue weighted by Crippen LogP contribution is 1.76. The minimum Gasteiger partial charge on any atom is -0.309 e. The molecule has 0 radical (unpaired) electrons. The fourth-order valence-corrected chi connectivity index (χ4v) is 0.447. The van der Waals surface area contributed by atoms with Gasteiger partial charge in [-0.3, -0.25) is 0 Å². The number of hydrogen-bond donors (Lipinski definition) is 0. The van der Waals surface area contributed by atoms with Crippen molar-refractivity contribution < 1.29 is 0 Å². The van der Waals surface area contributed by atoms with Gasteiger partial charge in [-0.15, -0.1) is 0 Å². The number of rotatable bonds is 2. The molecule has 0 aromatic rings. The fourth-order valence-electron chi connectivity index (χ4n) is 0.447. The van der Waals surface area contributed by atoms with Crippen molar-refractivity contribution in [2.24, 2.45) is 0 Å². The van der Waals surface area contributed by atoms with Crippen LogP contribution >= 0.6 is 0 Å². The highest BCUT2D eigenvalue weighted by molar-refractivity contribution is 4.34. The minimum atomic E-state index is 0. The van der Waals surface area contributed by atoms with Gasteiger partial charge in [-0.25, -0.2) is 0 Å². The Hall–Kier alpha value is -0.0400. The minimum absolute atomic E-state index is 0. The molecule has 0 atom stereocenters. The first kappa shape index (κ1) is 23.1. The predicted molar refractivity (Wildman–Crippen MR) is 49.0 cm³/mol. The van der Waals surface area contributed by atoms with E-state index in [1.807, 2.05) is 0 Å². The Morgan fingerprint density at radius 1 is 1.00 bits per heavy atom. The summed E-state index contributed by atoms with van der Waals surface area (Å²) in [6, 6.07) is 0. The van der Waals surface area contributed by atoms with Crippen molar-refractivity contribution in [3.63, 3.8) is 0 Å². The van der Waals surface area contributed by atoms with Crippen LogP contribution in [0, 0.1) is 0 Å². The lowest BCUT2D eigenvalue weighted by Gasteiger charge is -2.03. The molecule has 9 heavy (non-hydrogen) atoms. The Kier molecular flexibility index (Phi) is 40.2. The fraction of sp³-hybridized carbons (Fsp3) is 1.00. The van der Waals surface area contributed by atoms with E-state index in [9.17, 15) is 0 Å². The number of hydrogen-bond acceptors (Lipinski definition) is 1. The summed E-state index contributed by atoms with van der Waals surface area (Å²) in [5.41, 5.74) is 0. The topological polar surface area (TPSA) is 3.24 Å². The molecule has 1 heteroatoms. The van der Waals surface area contributed by atoms with Gasteiger partial charge in [0.1, 0.15) is 0 Å². The first-order valence-corrected chi connectivity index (χ1v) is 2.42. The molecule has 0 heterocycles. The highest BCUT2D eigenvalue weighted by atomic mass is 15.0.